The van der Waals surface area contributed by atoms with Crippen LogP contribution in [0.15, 0.2) is 97.1 Å². The van der Waals surface area contributed by atoms with Gasteiger partial charge in [0.1, 0.15) is 6.04 Å². The van der Waals surface area contributed by atoms with Gasteiger partial charge in [-0.2, -0.15) is 0 Å². The van der Waals surface area contributed by atoms with E-state index in [4.69, 9.17) is 4.74 Å². The molecule has 162 valence electrons. The number of allylic oxidation sites excluding steroid dienone is 1. The molecule has 3 aromatic carbocycles. The van der Waals surface area contributed by atoms with Crippen LogP contribution in [0.25, 0.3) is 0 Å². The summed E-state index contributed by atoms with van der Waals surface area (Å²) in [4.78, 5) is 27.1. The zero-order valence-corrected chi connectivity index (χ0v) is 19.1. The van der Waals surface area contributed by atoms with Gasteiger partial charge in [0.25, 0.3) is 5.91 Å². The van der Waals surface area contributed by atoms with Gasteiger partial charge in [0.05, 0.1) is 0 Å². The van der Waals surface area contributed by atoms with Gasteiger partial charge in [-0.15, -0.1) is 0 Å². The number of carbonyl (C=O) groups excluding carboxylic acids is 2. The maximum Gasteiger partial charge on any atom is 0.418 e. The van der Waals surface area contributed by atoms with Crippen molar-refractivity contribution in [3.63, 3.8) is 0 Å². The maximum absolute atomic E-state index is 13.1. The zero-order chi connectivity index (χ0) is 22.3. The van der Waals surface area contributed by atoms with Gasteiger partial charge in [-0.3, -0.25) is 4.79 Å². The summed E-state index contributed by atoms with van der Waals surface area (Å²) in [7, 11) is 0. The molecule has 0 aromatic heterocycles. The van der Waals surface area contributed by atoms with Crippen LogP contribution >= 0.6 is 15.9 Å². The second-order valence-corrected chi connectivity index (χ2v) is 8.18. The average Bonchev–Trinajstić information content (AvgIpc) is 3.20. The van der Waals surface area contributed by atoms with Crippen molar-refractivity contribution in [2.24, 2.45) is 0 Å². The van der Waals surface area contributed by atoms with Crippen LogP contribution in [0.3, 0.4) is 0 Å². The van der Waals surface area contributed by atoms with E-state index >= 15 is 0 Å². The van der Waals surface area contributed by atoms with Gasteiger partial charge >= 0.3 is 6.09 Å². The Bertz CT molecular complexity index is 1100. The molecule has 1 fully saturated rings. The first-order chi connectivity index (χ1) is 15.7. The fourth-order valence-corrected chi connectivity index (χ4v) is 4.56. The quantitative estimate of drug-likeness (QED) is 0.279. The molecule has 4 rings (SSSR count). The smallest absolute Gasteiger partial charge is 0.418 e. The summed E-state index contributed by atoms with van der Waals surface area (Å²) in [5.74, 6) is -0.365. The van der Waals surface area contributed by atoms with Gasteiger partial charge < -0.3 is 4.74 Å². The lowest BCUT2D eigenvalue weighted by molar-refractivity contribution is -0.124. The number of nitrogens with zero attached hydrogens (tertiary/aromatic N) is 1. The van der Waals surface area contributed by atoms with E-state index in [1.54, 1.807) is 0 Å². The van der Waals surface area contributed by atoms with Crippen LogP contribution in [0.5, 0.6) is 0 Å². The molecule has 0 N–H and O–H groups in total. The molecular weight excluding hydrogens is 466 g/mol. The molecule has 0 spiro atoms. The van der Waals surface area contributed by atoms with Crippen molar-refractivity contribution in [1.82, 2.24) is 4.90 Å². The summed E-state index contributed by atoms with van der Waals surface area (Å²) < 4.78 is 5.68. The number of alkyl halides is 1. The number of imide groups is 1. The Hall–Kier alpha value is -3.18. The number of carbonyl (C=O) groups is 2. The van der Waals surface area contributed by atoms with E-state index in [9.17, 15) is 9.59 Å². The van der Waals surface area contributed by atoms with E-state index in [1.165, 1.54) is 22.1 Å². The largest absolute Gasteiger partial charge is 0.438 e. The van der Waals surface area contributed by atoms with Gasteiger partial charge in [0, 0.05) is 5.33 Å². The molecule has 0 bridgehead atoms. The number of hydrogen-bond donors (Lipinski definition) is 0. The third-order valence-electron chi connectivity index (χ3n) is 5.60. The van der Waals surface area contributed by atoms with Gasteiger partial charge in [0.2, 0.25) is 0 Å². The third-order valence-corrected chi connectivity index (χ3v) is 6.20. The molecule has 1 aliphatic heterocycles. The van der Waals surface area contributed by atoms with E-state index in [0.29, 0.717) is 6.42 Å². The summed E-state index contributed by atoms with van der Waals surface area (Å²) in [6.07, 6.45) is 3.68. The monoisotopic (exact) mass is 489 g/mol. The number of ether oxygens (including phenoxy) is 1. The summed E-state index contributed by atoms with van der Waals surface area (Å²) >= 11 is 3.52. The first-order valence-corrected chi connectivity index (χ1v) is 11.7. The van der Waals surface area contributed by atoms with Gasteiger partial charge in [-0.25, -0.2) is 9.69 Å². The molecule has 0 saturated carbocycles. The van der Waals surface area contributed by atoms with E-state index in [-0.39, 0.29) is 5.91 Å². The molecule has 1 saturated heterocycles. The lowest BCUT2D eigenvalue weighted by Crippen LogP contribution is -2.33. The molecule has 0 aliphatic carbocycles. The predicted molar refractivity (Wildman–Crippen MR) is 128 cm³/mol. The normalized spacial score (nSPS) is 18.2. The first kappa shape index (κ1) is 22.0. The summed E-state index contributed by atoms with van der Waals surface area (Å²) in [6.45, 7) is 0. The molecule has 0 radical (unpaired) electrons. The van der Waals surface area contributed by atoms with Crippen molar-refractivity contribution < 1.29 is 14.3 Å². The van der Waals surface area contributed by atoms with Crippen LogP contribution < -0.4 is 0 Å². The van der Waals surface area contributed by atoms with E-state index in [1.807, 2.05) is 78.9 Å². The van der Waals surface area contributed by atoms with E-state index in [2.05, 4.69) is 28.1 Å². The number of rotatable bonds is 7. The second-order valence-electron chi connectivity index (χ2n) is 7.62. The molecule has 1 aliphatic rings. The molecule has 3 aromatic rings. The zero-order valence-electron chi connectivity index (χ0n) is 17.6. The van der Waals surface area contributed by atoms with Crippen molar-refractivity contribution in [3.8, 4) is 0 Å². The molecule has 1 heterocycles. The lowest BCUT2D eigenvalue weighted by atomic mass is 9.95. The minimum Gasteiger partial charge on any atom is -0.438 e. The fourth-order valence-electron chi connectivity index (χ4n) is 4.01. The topological polar surface area (TPSA) is 46.6 Å². The highest BCUT2D eigenvalue weighted by Gasteiger charge is 2.46. The molecular formula is C27H24BrNO3. The van der Waals surface area contributed by atoms with Crippen LogP contribution in [0.1, 0.15) is 40.8 Å². The van der Waals surface area contributed by atoms with Gasteiger partial charge in [-0.05, 0) is 41.2 Å². The Balaban J connectivity index is 1.53. The van der Waals surface area contributed by atoms with E-state index < -0.39 is 18.2 Å². The van der Waals surface area contributed by atoms with Crippen LogP contribution in [-0.2, 0) is 21.3 Å². The van der Waals surface area contributed by atoms with Crippen LogP contribution in [0.2, 0.25) is 0 Å². The Morgan fingerprint density at radius 3 is 2.12 bits per heavy atom. The second kappa shape index (κ2) is 10.4. The highest BCUT2D eigenvalue weighted by molar-refractivity contribution is 9.08. The Morgan fingerprint density at radius 1 is 0.875 bits per heavy atom. The number of aryl methyl sites for hydroxylation is 1. The molecule has 2 atom stereocenters. The Kier molecular flexibility index (Phi) is 7.17. The molecule has 32 heavy (non-hydrogen) atoms. The van der Waals surface area contributed by atoms with Crippen LogP contribution in [0, 0.1) is 0 Å². The molecule has 4 nitrogen and oxygen atoms in total. The Labute approximate surface area is 196 Å². The minimum atomic E-state index is -0.619. The predicted octanol–water partition coefficient (Wildman–Crippen LogP) is 6.53. The lowest BCUT2D eigenvalue weighted by Gasteiger charge is -2.23. The molecule has 2 amide bonds. The maximum atomic E-state index is 13.1. The summed E-state index contributed by atoms with van der Waals surface area (Å²) in [5.41, 5.74) is 4.21. The SMILES string of the molecule is O=C(/C=C/CCc1ccccc1CBr)N1C(=O)O[C@@H](c2ccccc2)[C@H]1c1ccccc1. The standard InChI is InChI=1S/C27H24BrNO3/c28-19-23-17-8-7-11-20(23)12-9-10-18-24(30)29-25(21-13-3-1-4-14-21)26(32-27(29)31)22-15-5-2-6-16-22/h1-8,10-11,13-18,25-26H,9,12,19H2/b18-10+/t25-,26+/m1/s1. The number of amides is 2. The number of halogens is 1. The van der Waals surface area contributed by atoms with Crippen molar-refractivity contribution in [3.05, 3.63) is 119 Å². The highest BCUT2D eigenvalue weighted by Crippen LogP contribution is 2.43. The number of benzene rings is 3. The minimum absolute atomic E-state index is 0.365. The van der Waals surface area contributed by atoms with Crippen molar-refractivity contribution >= 4 is 27.9 Å². The van der Waals surface area contributed by atoms with Crippen LogP contribution in [0.4, 0.5) is 4.79 Å². The number of hydrogen-bond acceptors (Lipinski definition) is 3. The molecule has 5 heteroatoms. The fraction of sp³-hybridized carbons (Fsp3) is 0.185. The van der Waals surface area contributed by atoms with Crippen molar-refractivity contribution in [1.29, 1.82) is 0 Å². The summed E-state index contributed by atoms with van der Waals surface area (Å²) in [6, 6.07) is 26.8. The first-order valence-electron chi connectivity index (χ1n) is 10.6. The Morgan fingerprint density at radius 2 is 1.47 bits per heavy atom. The van der Waals surface area contributed by atoms with Gasteiger partial charge in [-0.1, -0.05) is 107 Å². The van der Waals surface area contributed by atoms with E-state index in [0.717, 1.165) is 22.9 Å². The average molecular weight is 490 g/mol. The molecule has 0 unspecified atom stereocenters. The van der Waals surface area contributed by atoms with Crippen molar-refractivity contribution in [2.75, 3.05) is 0 Å². The van der Waals surface area contributed by atoms with Crippen LogP contribution in [-0.4, -0.2) is 16.9 Å². The van der Waals surface area contributed by atoms with Crippen molar-refractivity contribution in [2.45, 2.75) is 30.3 Å². The highest BCUT2D eigenvalue weighted by atomic mass is 79.9. The third kappa shape index (κ3) is 4.83. The number of cyclic esters (lactones) is 1. The summed E-state index contributed by atoms with van der Waals surface area (Å²) in [5, 5.41) is 0.797. The van der Waals surface area contributed by atoms with Gasteiger partial charge in [0.15, 0.2) is 6.10 Å².